The average molecular weight is 214 g/mol. The highest BCUT2D eigenvalue weighted by atomic mass is 32.2. The Balaban J connectivity index is 3.02. The Hall–Kier alpha value is -1.07. The van der Waals surface area contributed by atoms with Crippen LogP contribution in [0.5, 0.6) is 0 Å². The smallest absolute Gasteiger partial charge is 0.232 e. The van der Waals surface area contributed by atoms with Crippen molar-refractivity contribution in [3.63, 3.8) is 0 Å². The summed E-state index contributed by atoms with van der Waals surface area (Å²) in [5.41, 5.74) is 6.01. The van der Waals surface area contributed by atoms with Gasteiger partial charge in [0, 0.05) is 13.1 Å². The van der Waals surface area contributed by atoms with Gasteiger partial charge >= 0.3 is 0 Å². The van der Waals surface area contributed by atoms with Crippen molar-refractivity contribution in [3.8, 4) is 0 Å². The summed E-state index contributed by atoms with van der Waals surface area (Å²) in [6, 6.07) is 8.92. The van der Waals surface area contributed by atoms with E-state index in [1.807, 2.05) is 6.07 Å². The number of sulfonamides is 1. The number of hydrogen-bond donors (Lipinski definition) is 1. The van der Waals surface area contributed by atoms with E-state index in [9.17, 15) is 8.42 Å². The number of nitrogens with two attached hydrogens (primary N) is 1. The quantitative estimate of drug-likeness (QED) is 0.789. The fraction of sp³-hybridized carbons (Fsp3) is 0.333. The Morgan fingerprint density at radius 1 is 1.29 bits per heavy atom. The molecule has 0 spiro atoms. The van der Waals surface area contributed by atoms with Gasteiger partial charge in [0.2, 0.25) is 10.0 Å². The van der Waals surface area contributed by atoms with E-state index in [-0.39, 0.29) is 0 Å². The van der Waals surface area contributed by atoms with Crippen LogP contribution in [0.1, 0.15) is 0 Å². The van der Waals surface area contributed by atoms with Crippen LogP contribution < -0.4 is 10.0 Å². The summed E-state index contributed by atoms with van der Waals surface area (Å²) in [5.74, 6) is 0. The molecular weight excluding hydrogens is 200 g/mol. The number of para-hydroxylation sites is 1. The van der Waals surface area contributed by atoms with Gasteiger partial charge < -0.3 is 5.73 Å². The van der Waals surface area contributed by atoms with Crippen LogP contribution >= 0.6 is 0 Å². The third kappa shape index (κ3) is 2.71. The second-order valence-electron chi connectivity index (χ2n) is 2.96. The first-order chi connectivity index (χ1) is 6.55. The third-order valence-electron chi connectivity index (χ3n) is 1.78. The van der Waals surface area contributed by atoms with Gasteiger partial charge in [-0.1, -0.05) is 18.2 Å². The Kier molecular flexibility index (Phi) is 3.49. The van der Waals surface area contributed by atoms with Crippen LogP contribution in [-0.2, 0) is 10.0 Å². The van der Waals surface area contributed by atoms with E-state index in [0.29, 0.717) is 18.8 Å². The molecule has 0 heterocycles. The molecule has 0 amide bonds. The maximum atomic E-state index is 11.4. The van der Waals surface area contributed by atoms with Gasteiger partial charge in [0.05, 0.1) is 11.9 Å². The molecule has 0 bridgehead atoms. The maximum absolute atomic E-state index is 11.4. The highest BCUT2D eigenvalue weighted by Crippen LogP contribution is 2.15. The van der Waals surface area contributed by atoms with Crippen molar-refractivity contribution in [1.82, 2.24) is 0 Å². The molecule has 0 aliphatic carbocycles. The molecule has 14 heavy (non-hydrogen) atoms. The predicted octanol–water partition coefficient (Wildman–Crippen LogP) is 0.411. The second kappa shape index (κ2) is 4.43. The fourth-order valence-corrected chi connectivity index (χ4v) is 2.14. The molecule has 0 aliphatic rings. The first-order valence-electron chi connectivity index (χ1n) is 4.28. The number of anilines is 1. The zero-order chi connectivity index (χ0) is 10.6. The molecule has 78 valence electrons. The van der Waals surface area contributed by atoms with Gasteiger partial charge in [0.25, 0.3) is 0 Å². The van der Waals surface area contributed by atoms with Gasteiger partial charge in [0.15, 0.2) is 0 Å². The zero-order valence-electron chi connectivity index (χ0n) is 8.05. The first-order valence-corrected chi connectivity index (χ1v) is 6.13. The van der Waals surface area contributed by atoms with E-state index in [1.165, 1.54) is 10.6 Å². The minimum Gasteiger partial charge on any atom is -0.329 e. The van der Waals surface area contributed by atoms with Crippen LogP contribution in [0.4, 0.5) is 5.69 Å². The van der Waals surface area contributed by atoms with Crippen LogP contribution in [0.2, 0.25) is 0 Å². The van der Waals surface area contributed by atoms with Crippen molar-refractivity contribution in [1.29, 1.82) is 0 Å². The first kappa shape index (κ1) is 11.0. The molecule has 0 aliphatic heterocycles. The summed E-state index contributed by atoms with van der Waals surface area (Å²) >= 11 is 0. The van der Waals surface area contributed by atoms with Gasteiger partial charge in [-0.2, -0.15) is 0 Å². The standard InChI is InChI=1S/C9H14N2O2S/c1-14(12,13)11(8-7-10)9-5-3-2-4-6-9/h2-6H,7-8,10H2,1H3. The van der Waals surface area contributed by atoms with Crippen molar-refractivity contribution in [2.24, 2.45) is 5.73 Å². The summed E-state index contributed by atoms with van der Waals surface area (Å²) in [7, 11) is -3.23. The molecular formula is C9H14N2O2S. The minimum absolute atomic E-state index is 0.308. The van der Waals surface area contributed by atoms with Crippen LogP contribution in [0, 0.1) is 0 Å². The van der Waals surface area contributed by atoms with E-state index in [4.69, 9.17) is 5.73 Å². The highest BCUT2D eigenvalue weighted by Gasteiger charge is 2.15. The molecule has 1 aromatic carbocycles. The molecule has 0 unspecified atom stereocenters. The lowest BCUT2D eigenvalue weighted by Crippen LogP contribution is -2.34. The number of nitrogens with zero attached hydrogens (tertiary/aromatic N) is 1. The summed E-state index contributed by atoms with van der Waals surface area (Å²) in [6.07, 6.45) is 1.18. The lowest BCUT2D eigenvalue weighted by Gasteiger charge is -2.21. The molecule has 2 N–H and O–H groups in total. The Labute approximate surface area is 84.4 Å². The van der Waals surface area contributed by atoms with Gasteiger partial charge in [-0.15, -0.1) is 0 Å². The minimum atomic E-state index is -3.23. The monoisotopic (exact) mass is 214 g/mol. The molecule has 1 rings (SSSR count). The van der Waals surface area contributed by atoms with Crippen molar-refractivity contribution < 1.29 is 8.42 Å². The largest absolute Gasteiger partial charge is 0.329 e. The number of hydrogen-bond acceptors (Lipinski definition) is 3. The topological polar surface area (TPSA) is 63.4 Å². The van der Waals surface area contributed by atoms with Crippen LogP contribution in [0.15, 0.2) is 30.3 Å². The van der Waals surface area contributed by atoms with Crippen LogP contribution in [0.3, 0.4) is 0 Å². The molecule has 0 fully saturated rings. The van der Waals surface area contributed by atoms with E-state index in [1.54, 1.807) is 24.3 Å². The van der Waals surface area contributed by atoms with Gasteiger partial charge in [-0.25, -0.2) is 8.42 Å². The molecule has 0 saturated carbocycles. The summed E-state index contributed by atoms with van der Waals surface area (Å²) in [6.45, 7) is 0.616. The number of benzene rings is 1. The lowest BCUT2D eigenvalue weighted by atomic mass is 10.3. The molecule has 5 heteroatoms. The maximum Gasteiger partial charge on any atom is 0.232 e. The average Bonchev–Trinajstić information content (AvgIpc) is 2.14. The SMILES string of the molecule is CS(=O)(=O)N(CCN)c1ccccc1. The Morgan fingerprint density at radius 3 is 2.29 bits per heavy atom. The van der Waals surface area contributed by atoms with Gasteiger partial charge in [0.1, 0.15) is 0 Å². The Bertz CT molecular complexity index is 375. The van der Waals surface area contributed by atoms with Crippen molar-refractivity contribution in [2.45, 2.75) is 0 Å². The van der Waals surface area contributed by atoms with E-state index >= 15 is 0 Å². The molecule has 0 radical (unpaired) electrons. The molecule has 4 nitrogen and oxygen atoms in total. The summed E-state index contributed by atoms with van der Waals surface area (Å²) < 4.78 is 24.1. The predicted molar refractivity (Wildman–Crippen MR) is 57.7 cm³/mol. The lowest BCUT2D eigenvalue weighted by molar-refractivity contribution is 0.597. The summed E-state index contributed by atoms with van der Waals surface area (Å²) in [4.78, 5) is 0. The highest BCUT2D eigenvalue weighted by molar-refractivity contribution is 7.92. The van der Waals surface area contributed by atoms with Crippen molar-refractivity contribution in [3.05, 3.63) is 30.3 Å². The van der Waals surface area contributed by atoms with E-state index in [2.05, 4.69) is 0 Å². The van der Waals surface area contributed by atoms with E-state index in [0.717, 1.165) is 0 Å². The second-order valence-corrected chi connectivity index (χ2v) is 4.87. The van der Waals surface area contributed by atoms with E-state index < -0.39 is 10.0 Å². The zero-order valence-corrected chi connectivity index (χ0v) is 8.87. The summed E-state index contributed by atoms with van der Waals surface area (Å²) in [5, 5.41) is 0. The Morgan fingerprint density at radius 2 is 1.86 bits per heavy atom. The molecule has 1 aromatic rings. The van der Waals surface area contributed by atoms with Gasteiger partial charge in [-0.05, 0) is 12.1 Å². The molecule has 0 saturated heterocycles. The van der Waals surface area contributed by atoms with Gasteiger partial charge in [-0.3, -0.25) is 4.31 Å². The van der Waals surface area contributed by atoms with Crippen molar-refractivity contribution in [2.75, 3.05) is 23.7 Å². The van der Waals surface area contributed by atoms with Crippen molar-refractivity contribution >= 4 is 15.7 Å². The van der Waals surface area contributed by atoms with Crippen LogP contribution in [0.25, 0.3) is 0 Å². The molecule has 0 aromatic heterocycles. The number of rotatable bonds is 4. The molecule has 0 atom stereocenters. The van der Waals surface area contributed by atoms with Crippen LogP contribution in [-0.4, -0.2) is 27.8 Å². The normalized spacial score (nSPS) is 11.3. The third-order valence-corrected chi connectivity index (χ3v) is 2.97. The fourth-order valence-electron chi connectivity index (χ4n) is 1.20.